The molecule has 0 unspecified atom stereocenters. The normalized spacial score (nSPS) is 16.1. The predicted molar refractivity (Wildman–Crippen MR) is 67.4 cm³/mol. The van der Waals surface area contributed by atoms with Crippen LogP contribution in [-0.2, 0) is 0 Å². The summed E-state index contributed by atoms with van der Waals surface area (Å²) in [5.74, 6) is 0.838. The van der Waals surface area contributed by atoms with E-state index in [-0.39, 0.29) is 0 Å². The van der Waals surface area contributed by atoms with Crippen LogP contribution in [0, 0.1) is 6.92 Å². The van der Waals surface area contributed by atoms with Gasteiger partial charge in [-0.15, -0.1) is 5.10 Å². The lowest BCUT2D eigenvalue weighted by atomic mass is 10.1. The van der Waals surface area contributed by atoms with Crippen molar-refractivity contribution in [1.82, 2.24) is 19.9 Å². The number of anilines is 1. The van der Waals surface area contributed by atoms with E-state index in [0.717, 1.165) is 31.2 Å². The van der Waals surface area contributed by atoms with Crippen molar-refractivity contribution in [3.8, 4) is 0 Å². The third-order valence-corrected chi connectivity index (χ3v) is 3.28. The molecule has 3 rings (SSSR count). The van der Waals surface area contributed by atoms with Gasteiger partial charge in [0.1, 0.15) is 0 Å². The maximum Gasteiger partial charge on any atom is 0.246 e. The summed E-state index contributed by atoms with van der Waals surface area (Å²) >= 11 is 0. The van der Waals surface area contributed by atoms with Gasteiger partial charge in [0.05, 0.1) is 6.04 Å². The zero-order chi connectivity index (χ0) is 11.8. The molecule has 0 radical (unpaired) electrons. The molecular formula is C12H17N5. The molecule has 0 aliphatic carbocycles. The van der Waals surface area contributed by atoms with Crippen LogP contribution in [0.25, 0.3) is 5.65 Å². The zero-order valence-electron chi connectivity index (χ0n) is 10.2. The smallest absolute Gasteiger partial charge is 0.246 e. The second-order valence-electron chi connectivity index (χ2n) is 4.52. The molecule has 0 spiro atoms. The van der Waals surface area contributed by atoms with Crippen LogP contribution in [0.2, 0.25) is 0 Å². The summed E-state index contributed by atoms with van der Waals surface area (Å²) in [6, 6.07) is 4.65. The number of nitrogens with one attached hydrogen (secondary N) is 1. The highest BCUT2D eigenvalue weighted by atomic mass is 15.4. The van der Waals surface area contributed by atoms with Gasteiger partial charge in [0.25, 0.3) is 0 Å². The van der Waals surface area contributed by atoms with E-state index in [1.807, 2.05) is 16.8 Å². The van der Waals surface area contributed by atoms with E-state index in [1.165, 1.54) is 5.56 Å². The first-order valence-electron chi connectivity index (χ1n) is 6.08. The molecule has 3 heterocycles. The van der Waals surface area contributed by atoms with Gasteiger partial charge in [-0.05, 0) is 31.5 Å². The van der Waals surface area contributed by atoms with Gasteiger partial charge >= 0.3 is 0 Å². The molecule has 2 aromatic heterocycles. The topological polar surface area (TPSA) is 45.5 Å². The Labute approximate surface area is 100 Å². The molecule has 1 aliphatic rings. The van der Waals surface area contributed by atoms with Gasteiger partial charge in [-0.1, -0.05) is 0 Å². The highest BCUT2D eigenvalue weighted by Gasteiger charge is 2.26. The van der Waals surface area contributed by atoms with Crippen LogP contribution in [0.4, 0.5) is 5.95 Å². The molecule has 2 aromatic rings. The fourth-order valence-corrected chi connectivity index (χ4v) is 2.15. The molecule has 1 aliphatic heterocycles. The zero-order valence-corrected chi connectivity index (χ0v) is 10.2. The van der Waals surface area contributed by atoms with Gasteiger partial charge in [0.2, 0.25) is 5.95 Å². The van der Waals surface area contributed by atoms with E-state index in [4.69, 9.17) is 0 Å². The van der Waals surface area contributed by atoms with Gasteiger partial charge in [-0.3, -0.25) is 0 Å². The summed E-state index contributed by atoms with van der Waals surface area (Å²) < 4.78 is 1.84. The molecule has 1 saturated heterocycles. The van der Waals surface area contributed by atoms with Crippen LogP contribution in [0.15, 0.2) is 18.3 Å². The summed E-state index contributed by atoms with van der Waals surface area (Å²) in [5.41, 5.74) is 2.13. The van der Waals surface area contributed by atoms with Crippen LogP contribution >= 0.6 is 0 Å². The maximum absolute atomic E-state index is 4.60. The van der Waals surface area contributed by atoms with Gasteiger partial charge in [0, 0.05) is 25.8 Å². The second kappa shape index (κ2) is 4.00. The SMILES string of the molecule is CCN(c1nc2cc(C)ccn2n1)C1CNC1. The molecule has 0 aromatic carbocycles. The standard InChI is InChI=1S/C12H17N5/c1-3-16(10-7-13-8-10)12-14-11-6-9(2)4-5-17(11)15-12/h4-6,10,13H,3,7-8H2,1-2H3. The average molecular weight is 231 g/mol. The first kappa shape index (κ1) is 10.5. The molecule has 0 amide bonds. The van der Waals surface area contributed by atoms with E-state index in [0.29, 0.717) is 6.04 Å². The van der Waals surface area contributed by atoms with Crippen LogP contribution < -0.4 is 10.2 Å². The fourth-order valence-electron chi connectivity index (χ4n) is 2.15. The number of fused-ring (bicyclic) bond motifs is 1. The molecule has 1 N–H and O–H groups in total. The highest BCUT2D eigenvalue weighted by Crippen LogP contribution is 2.16. The second-order valence-corrected chi connectivity index (χ2v) is 4.52. The van der Waals surface area contributed by atoms with Crippen molar-refractivity contribution in [2.45, 2.75) is 19.9 Å². The molecule has 0 atom stereocenters. The lowest BCUT2D eigenvalue weighted by molar-refractivity contribution is 0.413. The number of likely N-dealkylation sites (N-methyl/N-ethyl adjacent to an activating group) is 1. The van der Waals surface area contributed by atoms with E-state index in [9.17, 15) is 0 Å². The number of pyridine rings is 1. The van der Waals surface area contributed by atoms with Crippen molar-refractivity contribution in [3.05, 3.63) is 23.9 Å². The summed E-state index contributed by atoms with van der Waals surface area (Å²) in [6.07, 6.45) is 1.97. The number of nitrogens with zero attached hydrogens (tertiary/aromatic N) is 4. The first-order chi connectivity index (χ1) is 8.28. The predicted octanol–water partition coefficient (Wildman–Crippen LogP) is 0.836. The third kappa shape index (κ3) is 1.76. The van der Waals surface area contributed by atoms with E-state index in [1.54, 1.807) is 0 Å². The Kier molecular flexibility index (Phi) is 2.48. The van der Waals surface area contributed by atoms with Crippen molar-refractivity contribution in [1.29, 1.82) is 0 Å². The lowest BCUT2D eigenvalue weighted by Crippen LogP contribution is -2.57. The molecule has 5 nitrogen and oxygen atoms in total. The molecular weight excluding hydrogens is 214 g/mol. The molecule has 17 heavy (non-hydrogen) atoms. The summed E-state index contributed by atoms with van der Waals surface area (Å²) in [6.45, 7) is 7.23. The average Bonchev–Trinajstić information content (AvgIpc) is 2.65. The van der Waals surface area contributed by atoms with E-state index < -0.39 is 0 Å². The molecule has 1 fully saturated rings. The number of hydrogen-bond donors (Lipinski definition) is 1. The molecule has 0 bridgehead atoms. The third-order valence-electron chi connectivity index (χ3n) is 3.28. The van der Waals surface area contributed by atoms with Crippen LogP contribution in [0.1, 0.15) is 12.5 Å². The largest absolute Gasteiger partial charge is 0.334 e. The number of aromatic nitrogens is 3. The van der Waals surface area contributed by atoms with Crippen molar-refractivity contribution in [3.63, 3.8) is 0 Å². The Morgan fingerprint density at radius 1 is 1.53 bits per heavy atom. The van der Waals surface area contributed by atoms with Crippen molar-refractivity contribution >= 4 is 11.6 Å². The fraction of sp³-hybridized carbons (Fsp3) is 0.500. The summed E-state index contributed by atoms with van der Waals surface area (Å²) in [7, 11) is 0. The number of rotatable bonds is 3. The van der Waals surface area contributed by atoms with Gasteiger partial charge in [0.15, 0.2) is 5.65 Å². The van der Waals surface area contributed by atoms with Gasteiger partial charge in [-0.25, -0.2) is 4.52 Å². The van der Waals surface area contributed by atoms with Crippen LogP contribution in [0.5, 0.6) is 0 Å². The van der Waals surface area contributed by atoms with Crippen LogP contribution in [0.3, 0.4) is 0 Å². The Bertz CT molecular complexity index is 529. The number of hydrogen-bond acceptors (Lipinski definition) is 4. The minimum atomic E-state index is 0.540. The highest BCUT2D eigenvalue weighted by molar-refractivity contribution is 5.47. The quantitative estimate of drug-likeness (QED) is 0.850. The van der Waals surface area contributed by atoms with E-state index in [2.05, 4.69) is 40.2 Å². The van der Waals surface area contributed by atoms with Gasteiger partial charge < -0.3 is 10.2 Å². The summed E-state index contributed by atoms with van der Waals surface area (Å²) in [5, 5.41) is 7.82. The Morgan fingerprint density at radius 2 is 2.35 bits per heavy atom. The van der Waals surface area contributed by atoms with Gasteiger partial charge in [-0.2, -0.15) is 4.98 Å². The summed E-state index contributed by atoms with van der Waals surface area (Å²) in [4.78, 5) is 6.86. The molecule has 90 valence electrons. The monoisotopic (exact) mass is 231 g/mol. The minimum Gasteiger partial charge on any atom is -0.334 e. The Morgan fingerprint density at radius 3 is 3.00 bits per heavy atom. The van der Waals surface area contributed by atoms with Crippen molar-refractivity contribution in [2.75, 3.05) is 24.5 Å². The van der Waals surface area contributed by atoms with Crippen LogP contribution in [-0.4, -0.2) is 40.3 Å². The van der Waals surface area contributed by atoms with E-state index >= 15 is 0 Å². The van der Waals surface area contributed by atoms with Crippen molar-refractivity contribution in [2.24, 2.45) is 0 Å². The maximum atomic E-state index is 4.60. The Balaban J connectivity index is 1.98. The minimum absolute atomic E-state index is 0.540. The Hall–Kier alpha value is -1.62. The number of aryl methyl sites for hydroxylation is 1. The lowest BCUT2D eigenvalue weighted by Gasteiger charge is -2.36. The first-order valence-corrected chi connectivity index (χ1v) is 6.08. The van der Waals surface area contributed by atoms with Crippen molar-refractivity contribution < 1.29 is 0 Å². The molecule has 5 heteroatoms. The molecule has 0 saturated carbocycles.